The van der Waals surface area contributed by atoms with Gasteiger partial charge in [0.15, 0.2) is 4.34 Å². The second-order valence-electron chi connectivity index (χ2n) is 6.49. The van der Waals surface area contributed by atoms with Gasteiger partial charge in [-0.2, -0.15) is 0 Å². The summed E-state index contributed by atoms with van der Waals surface area (Å²) in [5, 5.41) is 13.2. The Balaban J connectivity index is 1.48. The van der Waals surface area contributed by atoms with Gasteiger partial charge < -0.3 is 15.0 Å². The van der Waals surface area contributed by atoms with E-state index >= 15 is 0 Å². The van der Waals surface area contributed by atoms with E-state index in [2.05, 4.69) is 25.5 Å². The molecule has 0 saturated carbocycles. The molecule has 31 heavy (non-hydrogen) atoms. The zero-order valence-electron chi connectivity index (χ0n) is 16.4. The predicted octanol–water partition coefficient (Wildman–Crippen LogP) is 4.56. The van der Waals surface area contributed by atoms with Crippen LogP contribution in [0.5, 0.6) is 0 Å². The molecule has 0 aliphatic carbocycles. The summed E-state index contributed by atoms with van der Waals surface area (Å²) in [7, 11) is 1.30. The number of nitrogens with zero attached hydrogens (tertiary/aromatic N) is 3. The smallest absolute Gasteiger partial charge is 0.337 e. The number of rotatable bonds is 6. The lowest BCUT2D eigenvalue weighted by Crippen LogP contribution is -2.12. The van der Waals surface area contributed by atoms with Crippen LogP contribution in [0.2, 0.25) is 5.02 Å². The second kappa shape index (κ2) is 9.04. The minimum atomic E-state index is -0.483. The van der Waals surface area contributed by atoms with Crippen molar-refractivity contribution in [3.8, 4) is 0 Å². The molecule has 0 bridgehead atoms. The molecular formula is C20H16ClN5O3S2. The third-order valence-electron chi connectivity index (χ3n) is 4.34. The molecule has 0 radical (unpaired) electrons. The number of anilines is 2. The highest BCUT2D eigenvalue weighted by Crippen LogP contribution is 2.30. The van der Waals surface area contributed by atoms with Gasteiger partial charge in [-0.05, 0) is 42.8 Å². The number of hydrogen-bond donors (Lipinski definition) is 2. The summed E-state index contributed by atoms with van der Waals surface area (Å²) in [5.41, 5.74) is 2.32. The van der Waals surface area contributed by atoms with Crippen LogP contribution < -0.4 is 10.9 Å². The fraction of sp³-hybridized carbons (Fsp3) is 0.150. The van der Waals surface area contributed by atoms with E-state index in [9.17, 15) is 9.59 Å². The molecule has 2 aromatic carbocycles. The van der Waals surface area contributed by atoms with Crippen LogP contribution in [0.15, 0.2) is 45.5 Å². The Morgan fingerprint density at radius 2 is 2.10 bits per heavy atom. The van der Waals surface area contributed by atoms with Crippen LogP contribution in [0.3, 0.4) is 0 Å². The number of carbonyl (C=O) groups excluding carboxylic acids is 1. The highest BCUT2D eigenvalue weighted by atomic mass is 35.5. The number of carbonyl (C=O) groups is 1. The average molecular weight is 474 g/mol. The van der Waals surface area contributed by atoms with E-state index < -0.39 is 5.97 Å². The molecule has 0 saturated heterocycles. The van der Waals surface area contributed by atoms with Crippen molar-refractivity contribution < 1.29 is 9.53 Å². The van der Waals surface area contributed by atoms with E-state index in [1.54, 1.807) is 12.1 Å². The lowest BCUT2D eigenvalue weighted by molar-refractivity contribution is 0.0601. The first-order chi connectivity index (χ1) is 14.9. The molecule has 0 aliphatic heterocycles. The number of halogens is 1. The molecule has 0 unspecified atom stereocenters. The van der Waals surface area contributed by atoms with Crippen LogP contribution in [-0.2, 0) is 10.5 Å². The Morgan fingerprint density at radius 3 is 2.87 bits per heavy atom. The van der Waals surface area contributed by atoms with Crippen molar-refractivity contribution in [2.45, 2.75) is 17.0 Å². The van der Waals surface area contributed by atoms with Gasteiger partial charge in [-0.25, -0.2) is 9.78 Å². The maximum Gasteiger partial charge on any atom is 0.337 e. The van der Waals surface area contributed by atoms with Gasteiger partial charge in [0.25, 0.3) is 5.56 Å². The van der Waals surface area contributed by atoms with Gasteiger partial charge in [0, 0.05) is 10.7 Å². The molecule has 158 valence electrons. The Hall–Kier alpha value is -2.95. The number of thioether (sulfide) groups is 1. The molecule has 0 fully saturated rings. The van der Waals surface area contributed by atoms with Crippen LogP contribution in [0.4, 0.5) is 10.8 Å². The first-order valence-corrected chi connectivity index (χ1v) is 11.2. The Morgan fingerprint density at radius 1 is 1.26 bits per heavy atom. The Kier molecular flexibility index (Phi) is 6.21. The van der Waals surface area contributed by atoms with Gasteiger partial charge in [0.2, 0.25) is 5.13 Å². The highest BCUT2D eigenvalue weighted by molar-refractivity contribution is 8.00. The number of ether oxygens (including phenoxy) is 1. The molecule has 2 heterocycles. The van der Waals surface area contributed by atoms with E-state index in [4.69, 9.17) is 16.3 Å². The zero-order chi connectivity index (χ0) is 22.0. The van der Waals surface area contributed by atoms with E-state index in [0.717, 1.165) is 11.3 Å². The van der Waals surface area contributed by atoms with Gasteiger partial charge in [0.05, 0.1) is 29.3 Å². The molecule has 0 amide bonds. The van der Waals surface area contributed by atoms with Gasteiger partial charge in [0.1, 0.15) is 5.82 Å². The van der Waals surface area contributed by atoms with E-state index in [0.29, 0.717) is 42.5 Å². The number of aromatic nitrogens is 4. The number of fused-ring (bicyclic) bond motifs is 1. The predicted molar refractivity (Wildman–Crippen MR) is 123 cm³/mol. The number of benzene rings is 2. The lowest BCUT2D eigenvalue weighted by atomic mass is 10.1. The summed E-state index contributed by atoms with van der Waals surface area (Å²) >= 11 is 8.93. The third-order valence-corrected chi connectivity index (χ3v) is 6.73. The number of hydrogen-bond acceptors (Lipinski definition) is 9. The topological polar surface area (TPSA) is 110 Å². The van der Waals surface area contributed by atoms with Crippen molar-refractivity contribution in [2.24, 2.45) is 0 Å². The standard InChI is InChI=1S/C20H16ClN5O3S2/c1-10-3-5-12(8-14(10)21)22-19-25-26-20(31-19)30-9-16-23-15-7-11(18(28)29-2)4-6-13(15)17(27)24-16/h3-8H,9H2,1-2H3,(H,22,25)(H,23,24,27). The molecule has 2 aromatic heterocycles. The molecule has 0 aliphatic rings. The van der Waals surface area contributed by atoms with Crippen molar-refractivity contribution in [2.75, 3.05) is 12.4 Å². The number of methoxy groups -OCH3 is 1. The van der Waals surface area contributed by atoms with Crippen LogP contribution in [-0.4, -0.2) is 33.2 Å². The summed E-state index contributed by atoms with van der Waals surface area (Å²) < 4.78 is 5.44. The molecule has 0 spiro atoms. The number of aromatic amines is 1. The fourth-order valence-corrected chi connectivity index (χ4v) is 4.57. The van der Waals surface area contributed by atoms with Crippen molar-refractivity contribution in [1.82, 2.24) is 20.2 Å². The molecule has 0 atom stereocenters. The summed E-state index contributed by atoms with van der Waals surface area (Å²) in [5.74, 6) is 0.377. The van der Waals surface area contributed by atoms with Gasteiger partial charge >= 0.3 is 5.97 Å². The lowest BCUT2D eigenvalue weighted by Gasteiger charge is -2.04. The Bertz CT molecular complexity index is 1340. The van der Waals surface area contributed by atoms with E-state index in [-0.39, 0.29) is 5.56 Å². The largest absolute Gasteiger partial charge is 0.465 e. The monoisotopic (exact) mass is 473 g/mol. The van der Waals surface area contributed by atoms with Crippen molar-refractivity contribution in [3.63, 3.8) is 0 Å². The van der Waals surface area contributed by atoms with Crippen LogP contribution in [0.1, 0.15) is 21.7 Å². The number of esters is 1. The maximum absolute atomic E-state index is 12.4. The number of aryl methyl sites for hydroxylation is 1. The van der Waals surface area contributed by atoms with Crippen LogP contribution in [0.25, 0.3) is 10.9 Å². The SMILES string of the molecule is COC(=O)c1ccc2c(=O)[nH]c(CSc3nnc(Nc4ccc(C)c(Cl)c4)s3)nc2c1. The highest BCUT2D eigenvalue weighted by Gasteiger charge is 2.11. The minimum Gasteiger partial charge on any atom is -0.465 e. The van der Waals surface area contributed by atoms with Crippen molar-refractivity contribution >= 4 is 62.4 Å². The minimum absolute atomic E-state index is 0.270. The van der Waals surface area contributed by atoms with Gasteiger partial charge in [-0.3, -0.25) is 4.79 Å². The summed E-state index contributed by atoms with van der Waals surface area (Å²) in [4.78, 5) is 31.3. The van der Waals surface area contributed by atoms with Gasteiger partial charge in [-0.1, -0.05) is 40.8 Å². The molecule has 11 heteroatoms. The summed E-state index contributed by atoms with van der Waals surface area (Å²) in [6, 6.07) is 10.3. The number of H-pyrrole nitrogens is 1. The Labute approximate surface area is 190 Å². The molecule has 8 nitrogen and oxygen atoms in total. The fourth-order valence-electron chi connectivity index (χ4n) is 2.74. The van der Waals surface area contributed by atoms with Crippen LogP contribution >= 0.6 is 34.7 Å². The second-order valence-corrected chi connectivity index (χ2v) is 9.09. The maximum atomic E-state index is 12.4. The molecule has 4 rings (SSSR count). The van der Waals surface area contributed by atoms with Gasteiger partial charge in [-0.15, -0.1) is 10.2 Å². The number of nitrogens with one attached hydrogen (secondary N) is 2. The average Bonchev–Trinajstić information content (AvgIpc) is 3.21. The van der Waals surface area contributed by atoms with Crippen LogP contribution in [0, 0.1) is 6.92 Å². The molecule has 2 N–H and O–H groups in total. The first-order valence-electron chi connectivity index (χ1n) is 9.03. The van der Waals surface area contributed by atoms with E-state index in [1.165, 1.54) is 36.3 Å². The summed E-state index contributed by atoms with van der Waals surface area (Å²) in [6.07, 6.45) is 0. The third kappa shape index (κ3) is 4.87. The summed E-state index contributed by atoms with van der Waals surface area (Å²) in [6.45, 7) is 1.94. The first kappa shape index (κ1) is 21.3. The molecule has 4 aromatic rings. The zero-order valence-corrected chi connectivity index (χ0v) is 18.8. The van der Waals surface area contributed by atoms with Crippen molar-refractivity contribution in [1.29, 1.82) is 0 Å². The van der Waals surface area contributed by atoms with Crippen molar-refractivity contribution in [3.05, 3.63) is 68.7 Å². The quantitative estimate of drug-likeness (QED) is 0.310. The normalized spacial score (nSPS) is 10.9. The molecular weight excluding hydrogens is 458 g/mol. The van der Waals surface area contributed by atoms with E-state index in [1.807, 2.05) is 25.1 Å².